The molecule has 0 radical (unpaired) electrons. The molecule has 1 nitrogen and oxygen atoms in total. The normalized spacial score (nSPS) is 14.3. The van der Waals surface area contributed by atoms with Gasteiger partial charge in [-0.3, -0.25) is 0 Å². The Balaban J connectivity index is 1.77. The zero-order chi connectivity index (χ0) is 19.8. The molecule has 1 aliphatic carbocycles. The van der Waals surface area contributed by atoms with E-state index in [1.807, 2.05) is 0 Å². The van der Waals surface area contributed by atoms with Gasteiger partial charge in [-0.15, -0.1) is 0 Å². The summed E-state index contributed by atoms with van der Waals surface area (Å²) < 4.78 is 2.42. The highest BCUT2D eigenvalue weighted by Gasteiger charge is 2.36. The molecule has 0 saturated heterocycles. The summed E-state index contributed by atoms with van der Waals surface area (Å²) >= 11 is 0. The number of para-hydroxylation sites is 1. The lowest BCUT2D eigenvalue weighted by molar-refractivity contribution is 0.661. The molecule has 5 aromatic rings. The van der Waals surface area contributed by atoms with Crippen LogP contribution in [0.4, 0.5) is 0 Å². The first kappa shape index (κ1) is 16.6. The molecule has 0 aliphatic heterocycles. The van der Waals surface area contributed by atoms with Crippen molar-refractivity contribution in [3.05, 3.63) is 102 Å². The maximum atomic E-state index is 2.44. The van der Waals surface area contributed by atoms with Crippen molar-refractivity contribution in [2.24, 2.45) is 0 Å². The number of benzene rings is 4. The Bertz CT molecular complexity index is 1410. The van der Waals surface area contributed by atoms with Gasteiger partial charge >= 0.3 is 0 Å². The summed E-state index contributed by atoms with van der Waals surface area (Å²) in [7, 11) is 0. The third-order valence-corrected chi connectivity index (χ3v) is 6.67. The van der Waals surface area contributed by atoms with Crippen molar-refractivity contribution in [1.29, 1.82) is 0 Å². The van der Waals surface area contributed by atoms with Gasteiger partial charge < -0.3 is 4.57 Å². The van der Waals surface area contributed by atoms with Crippen LogP contribution in [0, 0.1) is 6.92 Å². The van der Waals surface area contributed by atoms with Crippen molar-refractivity contribution >= 4 is 21.8 Å². The van der Waals surface area contributed by atoms with Gasteiger partial charge in [-0.2, -0.15) is 0 Å². The average molecular weight is 373 g/mol. The van der Waals surface area contributed by atoms with Crippen LogP contribution in [0.25, 0.3) is 38.6 Å². The third kappa shape index (κ3) is 2.16. The van der Waals surface area contributed by atoms with E-state index in [1.54, 1.807) is 0 Å². The fourth-order valence-electron chi connectivity index (χ4n) is 5.14. The van der Waals surface area contributed by atoms with E-state index in [9.17, 15) is 0 Å². The molecule has 0 fully saturated rings. The largest absolute Gasteiger partial charge is 0.309 e. The van der Waals surface area contributed by atoms with Gasteiger partial charge in [0.25, 0.3) is 0 Å². The van der Waals surface area contributed by atoms with Gasteiger partial charge in [0.2, 0.25) is 0 Å². The Morgan fingerprint density at radius 1 is 0.621 bits per heavy atom. The average Bonchev–Trinajstić information content (AvgIpc) is 3.18. The SMILES string of the molecule is Cc1ccc(-n2c3ccccc3c3cc4c(cc32)-c2ccccc2C4(C)C)cc1. The minimum Gasteiger partial charge on any atom is -0.309 e. The van der Waals surface area contributed by atoms with E-state index < -0.39 is 0 Å². The number of aromatic nitrogens is 1. The molecular formula is C28H23N. The Labute approximate surface area is 171 Å². The molecule has 1 aromatic heterocycles. The number of hydrogen-bond acceptors (Lipinski definition) is 0. The molecule has 4 aromatic carbocycles. The van der Waals surface area contributed by atoms with Crippen molar-refractivity contribution in [2.45, 2.75) is 26.2 Å². The van der Waals surface area contributed by atoms with Crippen molar-refractivity contribution in [3.63, 3.8) is 0 Å². The van der Waals surface area contributed by atoms with Crippen LogP contribution in [0.1, 0.15) is 30.5 Å². The predicted octanol–water partition coefficient (Wildman–Crippen LogP) is 7.40. The van der Waals surface area contributed by atoms with Crippen LogP contribution in [-0.2, 0) is 5.41 Å². The monoisotopic (exact) mass is 373 g/mol. The number of hydrogen-bond donors (Lipinski definition) is 0. The van der Waals surface area contributed by atoms with Crippen molar-refractivity contribution in [3.8, 4) is 16.8 Å². The standard InChI is InChI=1S/C28H23N/c1-18-12-14-19(15-13-18)29-26-11-7-5-9-21(26)23-16-25-22(17-27(23)29)20-8-4-6-10-24(20)28(25,2)3/h4-17H,1-3H3. The zero-order valence-electron chi connectivity index (χ0n) is 17.0. The van der Waals surface area contributed by atoms with E-state index in [1.165, 1.54) is 55.3 Å². The van der Waals surface area contributed by atoms with Gasteiger partial charge in [-0.25, -0.2) is 0 Å². The van der Waals surface area contributed by atoms with E-state index in [2.05, 4.69) is 110 Å². The Hall–Kier alpha value is -3.32. The second kappa shape index (κ2) is 5.61. The third-order valence-electron chi connectivity index (χ3n) is 6.67. The molecule has 1 heterocycles. The summed E-state index contributed by atoms with van der Waals surface area (Å²) in [5.74, 6) is 0. The van der Waals surface area contributed by atoms with Crippen LogP contribution in [0.3, 0.4) is 0 Å². The molecule has 0 amide bonds. The number of aryl methyl sites for hydroxylation is 1. The summed E-state index contributed by atoms with van der Waals surface area (Å²) in [5.41, 5.74) is 10.7. The minimum absolute atomic E-state index is 0.0210. The van der Waals surface area contributed by atoms with Gasteiger partial charge in [0, 0.05) is 21.9 Å². The molecule has 1 aliphatic rings. The van der Waals surface area contributed by atoms with Gasteiger partial charge in [-0.1, -0.05) is 74.0 Å². The lowest BCUT2D eigenvalue weighted by Crippen LogP contribution is -2.14. The fraction of sp³-hybridized carbons (Fsp3) is 0.143. The van der Waals surface area contributed by atoms with Crippen LogP contribution in [0.5, 0.6) is 0 Å². The van der Waals surface area contributed by atoms with Crippen LogP contribution in [0.15, 0.2) is 84.9 Å². The van der Waals surface area contributed by atoms with Crippen molar-refractivity contribution < 1.29 is 0 Å². The van der Waals surface area contributed by atoms with E-state index in [-0.39, 0.29) is 5.41 Å². The molecule has 6 rings (SSSR count). The fourth-order valence-corrected chi connectivity index (χ4v) is 5.14. The molecule has 29 heavy (non-hydrogen) atoms. The second-order valence-corrected chi connectivity index (χ2v) is 8.77. The summed E-state index contributed by atoms with van der Waals surface area (Å²) in [6.07, 6.45) is 0. The molecule has 0 atom stereocenters. The molecule has 140 valence electrons. The van der Waals surface area contributed by atoms with Crippen LogP contribution < -0.4 is 0 Å². The summed E-state index contributed by atoms with van der Waals surface area (Å²) in [5, 5.41) is 2.65. The van der Waals surface area contributed by atoms with Crippen molar-refractivity contribution in [2.75, 3.05) is 0 Å². The van der Waals surface area contributed by atoms with E-state index >= 15 is 0 Å². The summed E-state index contributed by atoms with van der Waals surface area (Å²) in [6.45, 7) is 6.84. The van der Waals surface area contributed by atoms with Gasteiger partial charge in [0.05, 0.1) is 11.0 Å². The Kier molecular flexibility index (Phi) is 3.21. The first-order chi connectivity index (χ1) is 14.1. The predicted molar refractivity (Wildman–Crippen MR) is 123 cm³/mol. The van der Waals surface area contributed by atoms with Crippen LogP contribution in [-0.4, -0.2) is 4.57 Å². The first-order valence-electron chi connectivity index (χ1n) is 10.3. The highest BCUT2D eigenvalue weighted by molar-refractivity contribution is 6.11. The molecular weight excluding hydrogens is 350 g/mol. The van der Waals surface area contributed by atoms with Crippen LogP contribution in [0.2, 0.25) is 0 Å². The molecule has 1 heteroatoms. The minimum atomic E-state index is 0.0210. The lowest BCUT2D eigenvalue weighted by atomic mass is 9.82. The molecule has 0 bridgehead atoms. The molecule has 0 N–H and O–H groups in total. The topological polar surface area (TPSA) is 4.93 Å². The summed E-state index contributed by atoms with van der Waals surface area (Å²) in [4.78, 5) is 0. The smallest absolute Gasteiger partial charge is 0.0547 e. The maximum absolute atomic E-state index is 2.44. The van der Waals surface area contributed by atoms with E-state index in [0.717, 1.165) is 0 Å². The first-order valence-corrected chi connectivity index (χ1v) is 10.3. The second-order valence-electron chi connectivity index (χ2n) is 8.77. The summed E-state index contributed by atoms with van der Waals surface area (Å²) in [6, 6.07) is 31.4. The molecule has 0 spiro atoms. The maximum Gasteiger partial charge on any atom is 0.0547 e. The zero-order valence-corrected chi connectivity index (χ0v) is 17.0. The van der Waals surface area contributed by atoms with Crippen LogP contribution >= 0.6 is 0 Å². The Morgan fingerprint density at radius 3 is 2.17 bits per heavy atom. The number of fused-ring (bicyclic) bond motifs is 6. The van der Waals surface area contributed by atoms with Gasteiger partial charge in [0.15, 0.2) is 0 Å². The van der Waals surface area contributed by atoms with Gasteiger partial charge in [-0.05, 0) is 59.5 Å². The molecule has 0 saturated carbocycles. The van der Waals surface area contributed by atoms with Crippen molar-refractivity contribution in [1.82, 2.24) is 4.57 Å². The number of nitrogens with zero attached hydrogens (tertiary/aromatic N) is 1. The lowest BCUT2D eigenvalue weighted by Gasteiger charge is -2.21. The Morgan fingerprint density at radius 2 is 1.34 bits per heavy atom. The molecule has 0 unspecified atom stereocenters. The quantitative estimate of drug-likeness (QED) is 0.288. The number of rotatable bonds is 1. The van der Waals surface area contributed by atoms with Gasteiger partial charge in [0.1, 0.15) is 0 Å². The highest BCUT2D eigenvalue weighted by atomic mass is 15.0. The van der Waals surface area contributed by atoms with E-state index in [4.69, 9.17) is 0 Å². The highest BCUT2D eigenvalue weighted by Crippen LogP contribution is 2.50. The van der Waals surface area contributed by atoms with E-state index in [0.29, 0.717) is 0 Å².